The first-order chi connectivity index (χ1) is 19.0. The van der Waals surface area contributed by atoms with Gasteiger partial charge in [0.1, 0.15) is 24.2 Å². The van der Waals surface area contributed by atoms with Crippen LogP contribution in [0.5, 0.6) is 0 Å². The van der Waals surface area contributed by atoms with Gasteiger partial charge in [0.05, 0.1) is 7.11 Å². The maximum Gasteiger partial charge on any atom is 0.408 e. The monoisotopic (exact) mass is 576 g/mol. The van der Waals surface area contributed by atoms with E-state index in [1.54, 1.807) is 32.9 Å². The zero-order valence-electron chi connectivity index (χ0n) is 26.0. The van der Waals surface area contributed by atoms with E-state index in [-0.39, 0.29) is 19.4 Å². The molecule has 0 aliphatic carbocycles. The standard InChI is InChI=1S/C30H48N4O7/c1-18(2)13-14-20(4)34(28(38)23(15-16-24(31)35)33-29(39)41-30(6,7)8)26(27(37)32-17-25(36)40-9)22-12-10-11-19(3)21(22)5/h10-12,18,20,23,26H,13-17H2,1-9H3,(H2,31,35)(H,32,37)(H,33,39). The zero-order chi connectivity index (χ0) is 31.5. The Morgan fingerprint density at radius 2 is 1.63 bits per heavy atom. The second-order valence-corrected chi connectivity index (χ2v) is 11.8. The van der Waals surface area contributed by atoms with Gasteiger partial charge >= 0.3 is 12.1 Å². The Hall–Kier alpha value is -3.63. The Bertz CT molecular complexity index is 1080. The molecule has 1 rings (SSSR count). The minimum absolute atomic E-state index is 0.0931. The summed E-state index contributed by atoms with van der Waals surface area (Å²) in [6.07, 6.45) is 0.213. The van der Waals surface area contributed by atoms with E-state index in [0.29, 0.717) is 17.9 Å². The summed E-state index contributed by atoms with van der Waals surface area (Å²) in [5, 5.41) is 5.19. The molecule has 0 heterocycles. The van der Waals surface area contributed by atoms with Gasteiger partial charge in [0, 0.05) is 12.5 Å². The van der Waals surface area contributed by atoms with Crippen LogP contribution in [0.1, 0.15) is 90.0 Å². The van der Waals surface area contributed by atoms with Crippen molar-refractivity contribution in [2.45, 2.75) is 105 Å². The van der Waals surface area contributed by atoms with E-state index in [1.165, 1.54) is 12.0 Å². The van der Waals surface area contributed by atoms with Crippen molar-refractivity contribution in [2.75, 3.05) is 13.7 Å². The van der Waals surface area contributed by atoms with Gasteiger partial charge in [0.2, 0.25) is 17.7 Å². The minimum Gasteiger partial charge on any atom is -0.468 e. The molecule has 0 radical (unpaired) electrons. The highest BCUT2D eigenvalue weighted by Gasteiger charge is 2.39. The summed E-state index contributed by atoms with van der Waals surface area (Å²) < 4.78 is 10.1. The zero-order valence-corrected chi connectivity index (χ0v) is 26.0. The first-order valence-electron chi connectivity index (χ1n) is 14.0. The van der Waals surface area contributed by atoms with Gasteiger partial charge in [0.15, 0.2) is 0 Å². The molecule has 0 saturated carbocycles. The van der Waals surface area contributed by atoms with Crippen molar-refractivity contribution < 1.29 is 33.4 Å². The highest BCUT2D eigenvalue weighted by molar-refractivity contribution is 5.94. The Labute approximate surface area is 243 Å². The third-order valence-corrected chi connectivity index (χ3v) is 6.66. The molecule has 41 heavy (non-hydrogen) atoms. The van der Waals surface area contributed by atoms with Crippen molar-refractivity contribution in [3.8, 4) is 0 Å². The summed E-state index contributed by atoms with van der Waals surface area (Å²) in [6, 6.07) is 2.64. The highest BCUT2D eigenvalue weighted by Crippen LogP contribution is 2.31. The highest BCUT2D eigenvalue weighted by atomic mass is 16.6. The molecule has 0 spiro atoms. The van der Waals surface area contributed by atoms with Crippen molar-refractivity contribution >= 4 is 29.8 Å². The Balaban J connectivity index is 3.73. The van der Waals surface area contributed by atoms with Crippen LogP contribution < -0.4 is 16.4 Å². The van der Waals surface area contributed by atoms with Gasteiger partial charge in [0.25, 0.3) is 0 Å². The number of hydrogen-bond donors (Lipinski definition) is 3. The predicted octanol–water partition coefficient (Wildman–Crippen LogP) is 3.45. The number of carbonyl (C=O) groups excluding carboxylic acids is 5. The van der Waals surface area contributed by atoms with E-state index in [2.05, 4.69) is 29.2 Å². The number of esters is 1. The average molecular weight is 577 g/mol. The van der Waals surface area contributed by atoms with Crippen LogP contribution in [0, 0.1) is 19.8 Å². The summed E-state index contributed by atoms with van der Waals surface area (Å²) in [6.45, 7) is 14.4. The Morgan fingerprint density at radius 3 is 2.17 bits per heavy atom. The molecule has 0 aliphatic rings. The molecule has 0 aromatic heterocycles. The van der Waals surface area contributed by atoms with Crippen molar-refractivity contribution in [3.05, 3.63) is 34.9 Å². The normalized spacial score (nSPS) is 13.5. The molecule has 0 bridgehead atoms. The van der Waals surface area contributed by atoms with E-state index < -0.39 is 53.5 Å². The van der Waals surface area contributed by atoms with Crippen LogP contribution >= 0.6 is 0 Å². The Kier molecular flexibility index (Phi) is 13.8. The molecule has 4 N–H and O–H groups in total. The molecular weight excluding hydrogens is 528 g/mol. The number of alkyl carbamates (subject to hydrolysis) is 1. The average Bonchev–Trinajstić information content (AvgIpc) is 2.86. The summed E-state index contributed by atoms with van der Waals surface area (Å²) >= 11 is 0. The topological polar surface area (TPSA) is 157 Å². The second kappa shape index (κ2) is 16.0. The lowest BCUT2D eigenvalue weighted by Crippen LogP contribution is -2.56. The molecule has 3 unspecified atom stereocenters. The summed E-state index contributed by atoms with van der Waals surface area (Å²) in [5.41, 5.74) is 6.84. The van der Waals surface area contributed by atoms with Crippen LogP contribution in [0.15, 0.2) is 18.2 Å². The first-order valence-corrected chi connectivity index (χ1v) is 14.0. The largest absolute Gasteiger partial charge is 0.468 e. The number of carbonyl (C=O) groups is 5. The van der Waals surface area contributed by atoms with E-state index in [4.69, 9.17) is 10.5 Å². The number of rotatable bonds is 14. The second-order valence-electron chi connectivity index (χ2n) is 11.8. The molecule has 1 aromatic carbocycles. The van der Waals surface area contributed by atoms with Gasteiger partial charge in [-0.15, -0.1) is 0 Å². The molecule has 4 amide bonds. The lowest BCUT2D eigenvalue weighted by atomic mass is 9.92. The molecule has 11 nitrogen and oxygen atoms in total. The van der Waals surface area contributed by atoms with Crippen molar-refractivity contribution in [2.24, 2.45) is 11.7 Å². The van der Waals surface area contributed by atoms with Crippen LogP contribution in [-0.4, -0.2) is 66.0 Å². The van der Waals surface area contributed by atoms with Crippen molar-refractivity contribution in [1.82, 2.24) is 15.5 Å². The third kappa shape index (κ3) is 11.8. The van der Waals surface area contributed by atoms with Gasteiger partial charge in [-0.1, -0.05) is 32.0 Å². The van der Waals surface area contributed by atoms with Crippen LogP contribution in [-0.2, 0) is 28.7 Å². The first kappa shape index (κ1) is 35.4. The number of aryl methyl sites for hydroxylation is 1. The maximum absolute atomic E-state index is 14.4. The predicted molar refractivity (Wildman–Crippen MR) is 156 cm³/mol. The van der Waals surface area contributed by atoms with E-state index in [9.17, 15) is 24.0 Å². The number of amides is 4. The lowest BCUT2D eigenvalue weighted by Gasteiger charge is -2.39. The van der Waals surface area contributed by atoms with Gasteiger partial charge in [-0.3, -0.25) is 19.2 Å². The van der Waals surface area contributed by atoms with Crippen molar-refractivity contribution in [3.63, 3.8) is 0 Å². The lowest BCUT2D eigenvalue weighted by molar-refractivity contribution is -0.146. The number of hydrogen-bond acceptors (Lipinski definition) is 7. The molecule has 1 aromatic rings. The third-order valence-electron chi connectivity index (χ3n) is 6.66. The summed E-state index contributed by atoms with van der Waals surface area (Å²) in [4.78, 5) is 66.0. The number of primary amides is 1. The number of methoxy groups -OCH3 is 1. The molecule has 230 valence electrons. The molecule has 0 aliphatic heterocycles. The van der Waals surface area contributed by atoms with E-state index >= 15 is 0 Å². The number of ether oxygens (including phenoxy) is 2. The smallest absolute Gasteiger partial charge is 0.408 e. The SMILES string of the molecule is COC(=O)CNC(=O)C(c1cccc(C)c1C)N(C(=O)C(CCC(N)=O)NC(=O)OC(C)(C)C)C(C)CCC(C)C. The fourth-order valence-electron chi connectivity index (χ4n) is 4.30. The van der Waals surface area contributed by atoms with Crippen LogP contribution in [0.4, 0.5) is 4.79 Å². The molecule has 0 saturated heterocycles. The van der Waals surface area contributed by atoms with Gasteiger partial charge in [-0.2, -0.15) is 0 Å². The quantitative estimate of drug-likeness (QED) is 0.286. The molecule has 3 atom stereocenters. The van der Waals surface area contributed by atoms with Crippen LogP contribution in [0.25, 0.3) is 0 Å². The molecule has 0 fully saturated rings. The number of nitrogens with one attached hydrogen (secondary N) is 2. The van der Waals surface area contributed by atoms with Crippen LogP contribution in [0.3, 0.4) is 0 Å². The van der Waals surface area contributed by atoms with E-state index in [0.717, 1.165) is 17.5 Å². The maximum atomic E-state index is 14.4. The summed E-state index contributed by atoms with van der Waals surface area (Å²) in [7, 11) is 1.21. The molecule has 11 heteroatoms. The van der Waals surface area contributed by atoms with Gasteiger partial charge < -0.3 is 30.7 Å². The van der Waals surface area contributed by atoms with Crippen molar-refractivity contribution in [1.29, 1.82) is 0 Å². The Morgan fingerprint density at radius 1 is 1.00 bits per heavy atom. The number of nitrogens with zero attached hydrogens (tertiary/aromatic N) is 1. The van der Waals surface area contributed by atoms with Gasteiger partial charge in [-0.05, 0) is 83.4 Å². The van der Waals surface area contributed by atoms with Crippen LogP contribution in [0.2, 0.25) is 0 Å². The van der Waals surface area contributed by atoms with Gasteiger partial charge in [-0.25, -0.2) is 4.79 Å². The summed E-state index contributed by atoms with van der Waals surface area (Å²) in [5.74, 6) is -2.12. The fraction of sp³-hybridized carbons (Fsp3) is 0.633. The molecular formula is C30H48N4O7. The fourth-order valence-corrected chi connectivity index (χ4v) is 4.30. The number of nitrogens with two attached hydrogens (primary N) is 1. The van der Waals surface area contributed by atoms with E-state index in [1.807, 2.05) is 26.8 Å². The number of benzene rings is 1. The minimum atomic E-state index is -1.21.